The molecule has 1 aromatic heterocycles. The summed E-state index contributed by atoms with van der Waals surface area (Å²) < 4.78 is 0. The number of fused-ring (bicyclic) bond motifs is 1. The maximum Gasteiger partial charge on any atom is 0.325 e. The lowest BCUT2D eigenvalue weighted by atomic mass is 9.91. The second-order valence-corrected chi connectivity index (χ2v) is 8.78. The summed E-state index contributed by atoms with van der Waals surface area (Å²) >= 11 is 0. The van der Waals surface area contributed by atoms with Crippen LogP contribution < -0.4 is 4.90 Å². The summed E-state index contributed by atoms with van der Waals surface area (Å²) in [6.45, 7) is 3.89. The normalized spacial score (nSPS) is 20.5. The molecular weight excluding hydrogens is 360 g/mol. The van der Waals surface area contributed by atoms with Crippen molar-refractivity contribution in [1.82, 2.24) is 14.8 Å². The number of hydrogen-bond acceptors (Lipinski definition) is 3. The highest BCUT2D eigenvalue weighted by Gasteiger charge is 2.28. The van der Waals surface area contributed by atoms with Gasteiger partial charge in [0.05, 0.1) is 0 Å². The predicted molar refractivity (Wildman–Crippen MR) is 115 cm³/mol. The summed E-state index contributed by atoms with van der Waals surface area (Å²) in [5.74, 6) is 0.751. The molecule has 1 aromatic carbocycles. The molecule has 1 saturated carbocycles. The van der Waals surface area contributed by atoms with Crippen LogP contribution in [0, 0.1) is 0 Å². The van der Waals surface area contributed by atoms with Gasteiger partial charge in [0, 0.05) is 45.5 Å². The molecule has 0 unspecified atom stereocenters. The van der Waals surface area contributed by atoms with E-state index in [2.05, 4.69) is 34.1 Å². The molecule has 1 aliphatic carbocycles. The zero-order valence-electron chi connectivity index (χ0n) is 17.3. The fourth-order valence-corrected chi connectivity index (χ4v) is 4.80. The highest BCUT2D eigenvalue weighted by Crippen LogP contribution is 2.28. The number of amides is 2. The zero-order valence-corrected chi connectivity index (χ0v) is 17.3. The predicted octanol–water partition coefficient (Wildman–Crippen LogP) is 3.50. The summed E-state index contributed by atoms with van der Waals surface area (Å²) in [6, 6.07) is 12.0. The summed E-state index contributed by atoms with van der Waals surface area (Å²) in [4.78, 5) is 22.9. The number of carbonyl (C=O) groups excluding carboxylic acids is 1. The average molecular weight is 391 g/mol. The van der Waals surface area contributed by atoms with Crippen molar-refractivity contribution in [3.05, 3.63) is 58.8 Å². The molecule has 0 bridgehead atoms. The van der Waals surface area contributed by atoms with Crippen molar-refractivity contribution in [2.45, 2.75) is 44.6 Å². The van der Waals surface area contributed by atoms with Crippen LogP contribution in [-0.4, -0.2) is 60.1 Å². The topological polar surface area (TPSA) is 39.7 Å². The molecule has 152 valence electrons. The van der Waals surface area contributed by atoms with E-state index in [-0.39, 0.29) is 6.03 Å². The maximum atomic E-state index is 12.1. The van der Waals surface area contributed by atoms with Crippen LogP contribution in [0.4, 0.5) is 10.6 Å². The number of pyridine rings is 1. The lowest BCUT2D eigenvalue weighted by Crippen LogP contribution is -2.41. The number of rotatable bonds is 4. The molecule has 2 aromatic rings. The van der Waals surface area contributed by atoms with Crippen LogP contribution in [-0.2, 0) is 19.3 Å². The molecule has 5 nitrogen and oxygen atoms in total. The Morgan fingerprint density at radius 1 is 0.966 bits per heavy atom. The van der Waals surface area contributed by atoms with Crippen molar-refractivity contribution in [2.75, 3.05) is 38.1 Å². The fraction of sp³-hybridized carbons (Fsp3) is 0.500. The number of nitrogens with zero attached hydrogens (tertiary/aromatic N) is 4. The van der Waals surface area contributed by atoms with E-state index >= 15 is 0 Å². The van der Waals surface area contributed by atoms with Crippen LogP contribution in [0.3, 0.4) is 0 Å². The van der Waals surface area contributed by atoms with Gasteiger partial charge in [-0.15, -0.1) is 0 Å². The Bertz CT molecular complexity index is 890. The van der Waals surface area contributed by atoms with Crippen LogP contribution in [0.2, 0.25) is 0 Å². The number of carbonyl (C=O) groups is 1. The third kappa shape index (κ3) is 3.76. The summed E-state index contributed by atoms with van der Waals surface area (Å²) in [7, 11) is 1.83. The SMILES string of the molecule is CN1CCN(c2ccc(Cc3ccc4c(c3)CCN(C3CCC3)CC4)cn2)C1=O. The molecule has 29 heavy (non-hydrogen) atoms. The molecule has 2 fully saturated rings. The van der Waals surface area contributed by atoms with Crippen molar-refractivity contribution in [3.8, 4) is 0 Å². The van der Waals surface area contributed by atoms with E-state index in [9.17, 15) is 4.79 Å². The van der Waals surface area contributed by atoms with Gasteiger partial charge in [0.15, 0.2) is 0 Å². The minimum Gasteiger partial charge on any atom is -0.326 e. The Kier molecular flexibility index (Phi) is 5.00. The van der Waals surface area contributed by atoms with E-state index < -0.39 is 0 Å². The number of aromatic nitrogens is 1. The van der Waals surface area contributed by atoms with Gasteiger partial charge in [0.2, 0.25) is 0 Å². The second kappa shape index (κ2) is 7.79. The smallest absolute Gasteiger partial charge is 0.325 e. The molecule has 3 aliphatic rings. The molecule has 0 atom stereocenters. The Hall–Kier alpha value is -2.40. The lowest BCUT2D eigenvalue weighted by Gasteiger charge is -2.36. The van der Waals surface area contributed by atoms with Gasteiger partial charge in [-0.25, -0.2) is 9.78 Å². The first-order valence-electron chi connectivity index (χ1n) is 11.0. The third-order valence-electron chi connectivity index (χ3n) is 6.91. The van der Waals surface area contributed by atoms with E-state index in [0.29, 0.717) is 6.54 Å². The van der Waals surface area contributed by atoms with Gasteiger partial charge in [-0.3, -0.25) is 9.80 Å². The summed E-state index contributed by atoms with van der Waals surface area (Å²) in [6.07, 6.45) is 9.36. The van der Waals surface area contributed by atoms with Gasteiger partial charge >= 0.3 is 6.03 Å². The first kappa shape index (κ1) is 18.6. The van der Waals surface area contributed by atoms with Gasteiger partial charge in [-0.1, -0.05) is 30.7 Å². The van der Waals surface area contributed by atoms with Gasteiger partial charge in [0.25, 0.3) is 0 Å². The van der Waals surface area contributed by atoms with Crippen LogP contribution in [0.5, 0.6) is 0 Å². The van der Waals surface area contributed by atoms with Gasteiger partial charge in [-0.2, -0.15) is 0 Å². The molecule has 5 heteroatoms. The minimum absolute atomic E-state index is 0.0342. The number of urea groups is 1. The van der Waals surface area contributed by atoms with Crippen molar-refractivity contribution >= 4 is 11.8 Å². The van der Waals surface area contributed by atoms with E-state index in [0.717, 1.165) is 24.8 Å². The number of benzene rings is 1. The highest BCUT2D eigenvalue weighted by atomic mass is 16.2. The lowest BCUT2D eigenvalue weighted by molar-refractivity contribution is 0.133. The number of anilines is 1. The Morgan fingerprint density at radius 2 is 1.76 bits per heavy atom. The monoisotopic (exact) mass is 390 g/mol. The maximum absolute atomic E-state index is 12.1. The molecule has 0 radical (unpaired) electrons. The average Bonchev–Trinajstić information content (AvgIpc) is 2.90. The molecule has 0 spiro atoms. The van der Waals surface area contributed by atoms with Crippen molar-refractivity contribution in [3.63, 3.8) is 0 Å². The minimum atomic E-state index is 0.0342. The largest absolute Gasteiger partial charge is 0.326 e. The number of hydrogen-bond donors (Lipinski definition) is 0. The summed E-state index contributed by atoms with van der Waals surface area (Å²) in [5, 5.41) is 0. The standard InChI is InChI=1S/C24H30N4O/c1-26-13-14-28(24(26)29)23-8-6-19(17-25-23)15-18-5-7-20-9-11-27(22-3-2-4-22)12-10-21(20)16-18/h5-8,16-17,22H,2-4,9-15H2,1H3. The Morgan fingerprint density at radius 3 is 2.41 bits per heavy atom. The fourth-order valence-electron chi connectivity index (χ4n) is 4.80. The molecular formula is C24H30N4O. The number of likely N-dealkylation sites (N-methyl/N-ethyl adjacent to an activating group) is 1. The molecule has 5 rings (SSSR count). The third-order valence-corrected chi connectivity index (χ3v) is 6.91. The first-order chi connectivity index (χ1) is 14.2. The molecule has 2 amide bonds. The van der Waals surface area contributed by atoms with E-state index in [1.807, 2.05) is 19.3 Å². The Balaban J connectivity index is 1.26. The van der Waals surface area contributed by atoms with E-state index in [1.54, 1.807) is 9.80 Å². The van der Waals surface area contributed by atoms with Crippen LogP contribution >= 0.6 is 0 Å². The van der Waals surface area contributed by atoms with Gasteiger partial charge < -0.3 is 4.90 Å². The quantitative estimate of drug-likeness (QED) is 0.802. The van der Waals surface area contributed by atoms with Gasteiger partial charge in [0.1, 0.15) is 5.82 Å². The Labute approximate surface area is 173 Å². The highest BCUT2D eigenvalue weighted by molar-refractivity contribution is 5.92. The summed E-state index contributed by atoms with van der Waals surface area (Å²) in [5.41, 5.74) is 5.60. The molecule has 0 N–H and O–H groups in total. The van der Waals surface area contributed by atoms with Crippen molar-refractivity contribution in [2.24, 2.45) is 0 Å². The van der Waals surface area contributed by atoms with Crippen LogP contribution in [0.1, 0.15) is 41.5 Å². The van der Waals surface area contributed by atoms with Crippen LogP contribution in [0.25, 0.3) is 0 Å². The van der Waals surface area contributed by atoms with E-state index in [4.69, 9.17) is 0 Å². The molecule has 2 aliphatic heterocycles. The van der Waals surface area contributed by atoms with E-state index in [1.165, 1.54) is 67.4 Å². The van der Waals surface area contributed by atoms with Gasteiger partial charge in [-0.05, 0) is 60.4 Å². The second-order valence-electron chi connectivity index (χ2n) is 8.78. The zero-order chi connectivity index (χ0) is 19.8. The molecule has 1 saturated heterocycles. The van der Waals surface area contributed by atoms with Crippen LogP contribution in [0.15, 0.2) is 36.5 Å². The van der Waals surface area contributed by atoms with Crippen molar-refractivity contribution < 1.29 is 4.79 Å². The molecule has 3 heterocycles. The first-order valence-corrected chi connectivity index (χ1v) is 11.0. The van der Waals surface area contributed by atoms with Crippen molar-refractivity contribution in [1.29, 1.82) is 0 Å².